The van der Waals surface area contributed by atoms with Crippen LogP contribution in [0.25, 0.3) is 122 Å². The summed E-state index contributed by atoms with van der Waals surface area (Å²) in [6.45, 7) is 0. The predicted molar refractivity (Wildman–Crippen MR) is 260 cm³/mol. The number of hydrogen-bond donors (Lipinski definition) is 0. The Hall–Kier alpha value is -8.47. The lowest BCUT2D eigenvalue weighted by Crippen LogP contribution is -2.00. The van der Waals surface area contributed by atoms with Crippen molar-refractivity contribution in [3.8, 4) is 78.7 Å². The number of para-hydroxylation sites is 1. The summed E-state index contributed by atoms with van der Waals surface area (Å²) in [5.41, 5.74) is 13.7. The van der Waals surface area contributed by atoms with Gasteiger partial charge in [0.1, 0.15) is 11.2 Å². The second-order valence-corrected chi connectivity index (χ2v) is 16.0. The maximum absolute atomic E-state index is 6.21. The molecule has 0 fully saturated rings. The molecule has 10 aromatic carbocycles. The smallest absolute Gasteiger partial charge is 0.164 e. The van der Waals surface area contributed by atoms with Crippen LogP contribution in [0, 0.1) is 0 Å². The van der Waals surface area contributed by atoms with Crippen LogP contribution in [0.5, 0.6) is 0 Å². The van der Waals surface area contributed by atoms with Gasteiger partial charge in [-0.05, 0) is 102 Å². The van der Waals surface area contributed by atoms with Crippen molar-refractivity contribution in [2.24, 2.45) is 0 Å². The van der Waals surface area contributed by atoms with Crippen LogP contribution in [0.3, 0.4) is 0 Å². The van der Waals surface area contributed by atoms with E-state index in [9.17, 15) is 0 Å². The first-order chi connectivity index (χ1) is 31.2. The van der Waals surface area contributed by atoms with Crippen molar-refractivity contribution < 1.29 is 4.42 Å². The lowest BCUT2D eigenvalue weighted by atomic mass is 9.95. The summed E-state index contributed by atoms with van der Waals surface area (Å²) in [6.07, 6.45) is 0. The largest absolute Gasteiger partial charge is 0.456 e. The summed E-state index contributed by atoms with van der Waals surface area (Å²) in [5.74, 6) is 1.86. The van der Waals surface area contributed by atoms with Crippen LogP contribution in [0.2, 0.25) is 0 Å². The van der Waals surface area contributed by atoms with Crippen LogP contribution in [0.15, 0.2) is 229 Å². The molecule has 0 aliphatic carbocycles. The maximum atomic E-state index is 6.21. The molecule has 4 nitrogen and oxygen atoms in total. The van der Waals surface area contributed by atoms with Crippen molar-refractivity contribution in [2.45, 2.75) is 0 Å². The zero-order valence-electron chi connectivity index (χ0n) is 34.1. The Balaban J connectivity index is 0.932. The van der Waals surface area contributed by atoms with E-state index < -0.39 is 0 Å². The number of fused-ring (bicyclic) bond motifs is 5. The number of rotatable bonds is 7. The van der Waals surface area contributed by atoms with Gasteiger partial charge in [0.05, 0.1) is 0 Å². The third-order valence-electron chi connectivity index (χ3n) is 12.1. The molecule has 0 radical (unpaired) electrons. The van der Waals surface area contributed by atoms with Crippen molar-refractivity contribution in [3.63, 3.8) is 0 Å². The average molecular weight is 804 g/mol. The van der Waals surface area contributed by atoms with Crippen LogP contribution in [0.4, 0.5) is 0 Å². The summed E-state index contributed by atoms with van der Waals surface area (Å²) in [4.78, 5) is 15.5. The van der Waals surface area contributed by atoms with E-state index in [-0.39, 0.29) is 0 Å². The fourth-order valence-electron chi connectivity index (χ4n) is 8.95. The van der Waals surface area contributed by atoms with Gasteiger partial charge in [-0.25, -0.2) is 15.0 Å². The quantitative estimate of drug-likeness (QED) is 0.161. The second-order valence-electron chi connectivity index (χ2n) is 16.0. The van der Waals surface area contributed by atoms with Crippen molar-refractivity contribution >= 4 is 43.5 Å². The highest BCUT2D eigenvalue weighted by atomic mass is 16.3. The van der Waals surface area contributed by atoms with Crippen LogP contribution < -0.4 is 0 Å². The van der Waals surface area contributed by atoms with Gasteiger partial charge >= 0.3 is 0 Å². The Morgan fingerprint density at radius 3 is 1.51 bits per heavy atom. The number of hydrogen-bond acceptors (Lipinski definition) is 4. The number of aromatic nitrogens is 3. The zero-order valence-corrected chi connectivity index (χ0v) is 34.1. The number of furan rings is 1. The van der Waals surface area contributed by atoms with Gasteiger partial charge in [0.25, 0.3) is 0 Å². The van der Waals surface area contributed by atoms with Crippen LogP contribution in [-0.2, 0) is 0 Å². The molecule has 0 aliphatic heterocycles. The third-order valence-corrected chi connectivity index (χ3v) is 12.1. The maximum Gasteiger partial charge on any atom is 0.164 e. The van der Waals surface area contributed by atoms with Crippen molar-refractivity contribution in [1.82, 2.24) is 15.0 Å². The summed E-state index contributed by atoms with van der Waals surface area (Å²) in [5, 5.41) is 7.03. The fourth-order valence-corrected chi connectivity index (χ4v) is 8.95. The van der Waals surface area contributed by atoms with Crippen LogP contribution >= 0.6 is 0 Å². The molecular formula is C59H37N3O. The van der Waals surface area contributed by atoms with E-state index in [2.05, 4.69) is 200 Å². The first-order valence-electron chi connectivity index (χ1n) is 21.2. The molecule has 294 valence electrons. The Kier molecular flexibility index (Phi) is 8.79. The fraction of sp³-hybridized carbons (Fsp3) is 0. The van der Waals surface area contributed by atoms with Gasteiger partial charge in [-0.15, -0.1) is 0 Å². The van der Waals surface area contributed by atoms with Crippen LogP contribution in [0.1, 0.15) is 0 Å². The highest BCUT2D eigenvalue weighted by Crippen LogP contribution is 2.39. The monoisotopic (exact) mass is 803 g/mol. The van der Waals surface area contributed by atoms with E-state index in [0.717, 1.165) is 72.0 Å². The number of benzene rings is 10. The molecule has 0 aliphatic rings. The van der Waals surface area contributed by atoms with Crippen molar-refractivity contribution in [2.75, 3.05) is 0 Å². The first kappa shape index (κ1) is 36.4. The third kappa shape index (κ3) is 6.71. The van der Waals surface area contributed by atoms with E-state index in [1.54, 1.807) is 0 Å². The van der Waals surface area contributed by atoms with Crippen LogP contribution in [-0.4, -0.2) is 15.0 Å². The number of nitrogens with zero attached hydrogens (tertiary/aromatic N) is 3. The normalized spacial score (nSPS) is 11.5. The van der Waals surface area contributed by atoms with Gasteiger partial charge in [-0.3, -0.25) is 0 Å². The van der Waals surface area contributed by atoms with Gasteiger partial charge in [0.15, 0.2) is 17.5 Å². The lowest BCUT2D eigenvalue weighted by Gasteiger charge is -2.12. The molecule has 12 aromatic rings. The second kappa shape index (κ2) is 15.2. The molecule has 12 rings (SSSR count). The highest BCUT2D eigenvalue weighted by molar-refractivity contribution is 6.13. The Bertz CT molecular complexity index is 3680. The van der Waals surface area contributed by atoms with E-state index in [0.29, 0.717) is 17.5 Å². The van der Waals surface area contributed by atoms with E-state index >= 15 is 0 Å². The standard InChI is InChI=1S/C59H37N3O/c1-2-12-38(13-3-1)39-26-28-41(29-27-39)57-60-58(62-59(61-57)49-19-9-17-46(37-49)51-22-10-15-40-14-4-5-20-50(40)51)48-18-8-16-42(36-48)43-30-31-45-35-47(33-32-44(45)34-43)52-23-11-25-55-56(52)53-21-6-7-24-54(53)63-55/h1-37H. The minimum absolute atomic E-state index is 0.617. The SMILES string of the molecule is c1ccc(-c2ccc(-c3nc(-c4cccc(-c5ccc6cc(-c7cccc8oc9ccccc9c78)ccc6c5)c4)nc(-c4cccc(-c5cccc6ccccc56)c4)n3)cc2)cc1. The Labute approximate surface area is 364 Å². The molecule has 0 atom stereocenters. The molecule has 0 N–H and O–H groups in total. The first-order valence-corrected chi connectivity index (χ1v) is 21.2. The average Bonchev–Trinajstić information content (AvgIpc) is 3.75. The molecule has 0 amide bonds. The lowest BCUT2D eigenvalue weighted by molar-refractivity contribution is 0.669. The molecular weight excluding hydrogens is 767 g/mol. The van der Waals surface area contributed by atoms with Gasteiger partial charge < -0.3 is 4.42 Å². The minimum Gasteiger partial charge on any atom is -0.456 e. The zero-order chi connectivity index (χ0) is 41.7. The summed E-state index contributed by atoms with van der Waals surface area (Å²) in [7, 11) is 0. The summed E-state index contributed by atoms with van der Waals surface area (Å²) < 4.78 is 6.21. The minimum atomic E-state index is 0.617. The molecule has 0 unspecified atom stereocenters. The molecule has 0 saturated carbocycles. The Morgan fingerprint density at radius 1 is 0.254 bits per heavy atom. The molecule has 63 heavy (non-hydrogen) atoms. The molecule has 2 aromatic heterocycles. The van der Waals surface area contributed by atoms with Gasteiger partial charge in [0.2, 0.25) is 0 Å². The molecule has 0 saturated heterocycles. The van der Waals surface area contributed by atoms with Gasteiger partial charge in [-0.1, -0.05) is 188 Å². The van der Waals surface area contributed by atoms with Gasteiger partial charge in [0, 0.05) is 27.5 Å². The summed E-state index contributed by atoms with van der Waals surface area (Å²) >= 11 is 0. The molecule has 2 heterocycles. The van der Waals surface area contributed by atoms with E-state index in [4.69, 9.17) is 19.4 Å². The predicted octanol–water partition coefficient (Wildman–Crippen LogP) is 15.7. The highest BCUT2D eigenvalue weighted by Gasteiger charge is 2.16. The van der Waals surface area contributed by atoms with Gasteiger partial charge in [-0.2, -0.15) is 0 Å². The van der Waals surface area contributed by atoms with Crippen molar-refractivity contribution in [1.29, 1.82) is 0 Å². The molecule has 0 bridgehead atoms. The Morgan fingerprint density at radius 2 is 0.714 bits per heavy atom. The van der Waals surface area contributed by atoms with E-state index in [1.807, 2.05) is 24.3 Å². The molecule has 4 heteroatoms. The molecule has 0 spiro atoms. The topological polar surface area (TPSA) is 51.8 Å². The van der Waals surface area contributed by atoms with E-state index in [1.165, 1.54) is 32.7 Å². The summed E-state index contributed by atoms with van der Waals surface area (Å²) in [6, 6.07) is 78.9. The van der Waals surface area contributed by atoms with Crippen molar-refractivity contribution in [3.05, 3.63) is 224 Å².